The van der Waals surface area contributed by atoms with Gasteiger partial charge in [-0.1, -0.05) is 20.8 Å². The molecule has 0 amide bonds. The number of rotatable bonds is 2. The van der Waals surface area contributed by atoms with Gasteiger partial charge >= 0.3 is 15.6 Å². The van der Waals surface area contributed by atoms with E-state index in [1.165, 1.54) is 0 Å². The molecular weight excluding hydrogens is 269 g/mol. The lowest BCUT2D eigenvalue weighted by molar-refractivity contribution is -0.0535. The van der Waals surface area contributed by atoms with E-state index in [0.29, 0.717) is 24.3 Å². The van der Waals surface area contributed by atoms with E-state index in [1.54, 1.807) is 20.8 Å². The van der Waals surface area contributed by atoms with Crippen LogP contribution in [0.3, 0.4) is 0 Å². The van der Waals surface area contributed by atoms with E-state index in [2.05, 4.69) is 4.18 Å². The zero-order valence-corrected chi connectivity index (χ0v) is 11.6. The molecule has 0 aromatic rings. The lowest BCUT2D eigenvalue weighted by Gasteiger charge is -2.36. The van der Waals surface area contributed by atoms with Gasteiger partial charge in [-0.3, -0.25) is 0 Å². The van der Waals surface area contributed by atoms with E-state index >= 15 is 0 Å². The molecule has 0 radical (unpaired) electrons. The first-order valence-electron chi connectivity index (χ1n) is 5.58. The van der Waals surface area contributed by atoms with Crippen LogP contribution in [-0.2, 0) is 14.3 Å². The van der Waals surface area contributed by atoms with Gasteiger partial charge in [0.2, 0.25) is 0 Å². The Kier molecular flexibility index (Phi) is 3.78. The van der Waals surface area contributed by atoms with Gasteiger partial charge in [-0.25, -0.2) is 0 Å². The first-order valence-corrected chi connectivity index (χ1v) is 6.98. The molecule has 7 heteroatoms. The average molecular weight is 286 g/mol. The lowest BCUT2D eigenvalue weighted by Crippen LogP contribution is -2.32. The molecule has 106 valence electrons. The highest BCUT2D eigenvalue weighted by Crippen LogP contribution is 2.45. The molecule has 1 rings (SSSR count). The maximum absolute atomic E-state index is 12.3. The van der Waals surface area contributed by atoms with Crippen molar-refractivity contribution in [2.75, 3.05) is 0 Å². The molecule has 0 aromatic carbocycles. The zero-order valence-electron chi connectivity index (χ0n) is 10.8. The summed E-state index contributed by atoms with van der Waals surface area (Å²) in [5.74, 6) is 0.221. The normalized spacial score (nSPS) is 25.2. The highest BCUT2D eigenvalue weighted by molar-refractivity contribution is 7.87. The van der Waals surface area contributed by atoms with Gasteiger partial charge in [-0.05, 0) is 31.3 Å². The molecule has 18 heavy (non-hydrogen) atoms. The summed E-state index contributed by atoms with van der Waals surface area (Å²) >= 11 is 0. The Balaban J connectivity index is 3.14. The summed E-state index contributed by atoms with van der Waals surface area (Å²) in [4.78, 5) is 0. The zero-order chi connectivity index (χ0) is 14.4. The quantitative estimate of drug-likeness (QED) is 0.575. The van der Waals surface area contributed by atoms with Crippen molar-refractivity contribution < 1.29 is 25.8 Å². The molecule has 0 aromatic heterocycles. The van der Waals surface area contributed by atoms with Crippen molar-refractivity contribution in [3.8, 4) is 0 Å². The third-order valence-electron chi connectivity index (χ3n) is 2.99. The van der Waals surface area contributed by atoms with Gasteiger partial charge in [0.1, 0.15) is 5.76 Å². The van der Waals surface area contributed by atoms with Crippen LogP contribution in [0.15, 0.2) is 11.3 Å². The van der Waals surface area contributed by atoms with Gasteiger partial charge in [0.25, 0.3) is 0 Å². The number of allylic oxidation sites excluding steroid dienone is 2. The van der Waals surface area contributed by atoms with E-state index in [9.17, 15) is 21.6 Å². The topological polar surface area (TPSA) is 43.4 Å². The third kappa shape index (κ3) is 2.99. The summed E-state index contributed by atoms with van der Waals surface area (Å²) in [6.45, 7) is 6.96. The standard InChI is InChI=1S/C11H17F3O3S/c1-7-5-8(2)9(10(3,4)6-7)17-18(15,16)11(12,13)14/h7H,5-6H2,1-4H3/t7-/m1/s1. The molecule has 0 unspecified atom stereocenters. The predicted octanol–water partition coefficient (Wildman–Crippen LogP) is 3.58. The molecular formula is C11H17F3O3S. The fourth-order valence-electron chi connectivity index (χ4n) is 2.57. The van der Waals surface area contributed by atoms with Crippen molar-refractivity contribution >= 4 is 10.1 Å². The molecule has 0 saturated heterocycles. The van der Waals surface area contributed by atoms with Gasteiger partial charge in [-0.15, -0.1) is 0 Å². The monoisotopic (exact) mass is 286 g/mol. The van der Waals surface area contributed by atoms with Crippen LogP contribution in [0, 0.1) is 11.3 Å². The number of alkyl halides is 3. The van der Waals surface area contributed by atoms with Crippen LogP contribution in [0.4, 0.5) is 13.2 Å². The van der Waals surface area contributed by atoms with Crippen LogP contribution >= 0.6 is 0 Å². The fraction of sp³-hybridized carbons (Fsp3) is 0.818. The first-order chi connectivity index (χ1) is 7.87. The summed E-state index contributed by atoms with van der Waals surface area (Å²) in [5.41, 5.74) is -5.54. The first kappa shape index (κ1) is 15.3. The van der Waals surface area contributed by atoms with Gasteiger partial charge in [-0.2, -0.15) is 21.6 Å². The molecule has 0 heterocycles. The second kappa shape index (κ2) is 4.43. The SMILES string of the molecule is CC1=C(OS(=O)(=O)C(F)(F)F)C(C)(C)C[C@H](C)C1. The highest BCUT2D eigenvalue weighted by atomic mass is 32.2. The smallest absolute Gasteiger partial charge is 0.380 e. The predicted molar refractivity (Wildman–Crippen MR) is 60.9 cm³/mol. The van der Waals surface area contributed by atoms with E-state index in [1.807, 2.05) is 6.92 Å². The van der Waals surface area contributed by atoms with Crippen LogP contribution < -0.4 is 0 Å². The molecule has 0 fully saturated rings. The molecule has 0 saturated carbocycles. The van der Waals surface area contributed by atoms with Crippen molar-refractivity contribution in [3.63, 3.8) is 0 Å². The maximum atomic E-state index is 12.3. The minimum Gasteiger partial charge on any atom is -0.380 e. The summed E-state index contributed by atoms with van der Waals surface area (Å²) in [5, 5.41) is 0. The van der Waals surface area contributed by atoms with E-state index < -0.39 is 21.0 Å². The molecule has 0 N–H and O–H groups in total. The third-order valence-corrected chi connectivity index (χ3v) is 3.95. The summed E-state index contributed by atoms with van der Waals surface area (Å²) in [6, 6.07) is 0. The molecule has 0 spiro atoms. The number of hydrogen-bond donors (Lipinski definition) is 0. The maximum Gasteiger partial charge on any atom is 0.534 e. The Bertz CT molecular complexity index is 460. The summed E-state index contributed by atoms with van der Waals surface area (Å²) in [7, 11) is -5.58. The van der Waals surface area contributed by atoms with Crippen LogP contribution in [0.1, 0.15) is 40.5 Å². The Morgan fingerprint density at radius 3 is 2.22 bits per heavy atom. The van der Waals surface area contributed by atoms with Crippen molar-refractivity contribution in [2.24, 2.45) is 11.3 Å². The average Bonchev–Trinajstić information content (AvgIpc) is 2.08. The van der Waals surface area contributed by atoms with Gasteiger partial charge in [0.05, 0.1) is 0 Å². The van der Waals surface area contributed by atoms with E-state index in [0.717, 1.165) is 0 Å². The largest absolute Gasteiger partial charge is 0.534 e. The van der Waals surface area contributed by atoms with Crippen molar-refractivity contribution in [1.82, 2.24) is 0 Å². The Labute approximate surface area is 105 Å². The highest BCUT2D eigenvalue weighted by Gasteiger charge is 2.50. The molecule has 1 atom stereocenters. The van der Waals surface area contributed by atoms with Crippen LogP contribution in [0.25, 0.3) is 0 Å². The van der Waals surface area contributed by atoms with Crippen LogP contribution in [0.2, 0.25) is 0 Å². The molecule has 1 aliphatic carbocycles. The second-order valence-corrected chi connectivity index (χ2v) is 7.03. The van der Waals surface area contributed by atoms with Crippen molar-refractivity contribution in [1.29, 1.82) is 0 Å². The Morgan fingerprint density at radius 1 is 1.33 bits per heavy atom. The number of hydrogen-bond acceptors (Lipinski definition) is 3. The van der Waals surface area contributed by atoms with Crippen molar-refractivity contribution in [2.45, 2.75) is 46.0 Å². The van der Waals surface area contributed by atoms with E-state index in [4.69, 9.17) is 0 Å². The van der Waals surface area contributed by atoms with Crippen LogP contribution in [0.5, 0.6) is 0 Å². The summed E-state index contributed by atoms with van der Waals surface area (Å²) < 4.78 is 63.4. The Hall–Kier alpha value is -0.720. The van der Waals surface area contributed by atoms with Gasteiger partial charge in [0.15, 0.2) is 0 Å². The minimum atomic E-state index is -5.58. The van der Waals surface area contributed by atoms with E-state index in [-0.39, 0.29) is 5.76 Å². The molecule has 0 aliphatic heterocycles. The number of halogens is 3. The Morgan fingerprint density at radius 2 is 1.83 bits per heavy atom. The molecule has 3 nitrogen and oxygen atoms in total. The lowest BCUT2D eigenvalue weighted by atomic mass is 9.73. The second-order valence-electron chi connectivity index (χ2n) is 5.49. The molecule has 1 aliphatic rings. The van der Waals surface area contributed by atoms with Crippen LogP contribution in [-0.4, -0.2) is 13.9 Å². The fourth-order valence-corrected chi connectivity index (χ4v) is 3.25. The van der Waals surface area contributed by atoms with Crippen molar-refractivity contribution in [3.05, 3.63) is 11.3 Å². The minimum absolute atomic E-state index is 0.0714. The van der Waals surface area contributed by atoms with Gasteiger partial charge < -0.3 is 4.18 Å². The summed E-state index contributed by atoms with van der Waals surface area (Å²) in [6.07, 6.45) is 1.14. The molecule has 0 bridgehead atoms. The van der Waals surface area contributed by atoms with Gasteiger partial charge in [0, 0.05) is 5.41 Å².